The highest BCUT2D eigenvalue weighted by molar-refractivity contribution is 5.89. The Labute approximate surface area is 134 Å². The van der Waals surface area contributed by atoms with Crippen molar-refractivity contribution in [2.24, 2.45) is 0 Å². The SMILES string of the molecule is COC(=O)c1ccc(C(F)(F)F)c(Cn2cnc(C(=O)OC)n2)c1. The number of esters is 2. The maximum absolute atomic E-state index is 13.1. The second kappa shape index (κ2) is 6.69. The quantitative estimate of drug-likeness (QED) is 0.789. The van der Waals surface area contributed by atoms with E-state index in [0.717, 1.165) is 43.4 Å². The van der Waals surface area contributed by atoms with Crippen LogP contribution in [-0.2, 0) is 22.2 Å². The molecule has 0 bridgehead atoms. The number of carbonyl (C=O) groups excluding carboxylic acids is 2. The molecule has 128 valence electrons. The normalized spacial score (nSPS) is 11.2. The van der Waals surface area contributed by atoms with Crippen LogP contribution in [0, 0.1) is 0 Å². The van der Waals surface area contributed by atoms with Gasteiger partial charge in [0.15, 0.2) is 0 Å². The highest BCUT2D eigenvalue weighted by atomic mass is 19.4. The molecular weight excluding hydrogens is 331 g/mol. The zero-order chi connectivity index (χ0) is 17.9. The van der Waals surface area contributed by atoms with E-state index in [1.54, 1.807) is 0 Å². The Bertz CT molecular complexity index is 771. The van der Waals surface area contributed by atoms with E-state index >= 15 is 0 Å². The second-order valence-electron chi connectivity index (χ2n) is 4.62. The third-order valence-electron chi connectivity index (χ3n) is 3.07. The Hall–Kier alpha value is -2.91. The van der Waals surface area contributed by atoms with E-state index in [0.29, 0.717) is 0 Å². The Morgan fingerprint density at radius 1 is 1.17 bits per heavy atom. The lowest BCUT2D eigenvalue weighted by Gasteiger charge is -2.14. The lowest BCUT2D eigenvalue weighted by molar-refractivity contribution is -0.138. The lowest BCUT2D eigenvalue weighted by atomic mass is 10.0. The molecule has 0 N–H and O–H groups in total. The number of benzene rings is 1. The van der Waals surface area contributed by atoms with Crippen LogP contribution < -0.4 is 0 Å². The zero-order valence-electron chi connectivity index (χ0n) is 12.6. The first-order valence-electron chi connectivity index (χ1n) is 6.52. The molecule has 7 nitrogen and oxygen atoms in total. The van der Waals surface area contributed by atoms with Crippen molar-refractivity contribution in [1.82, 2.24) is 14.8 Å². The molecule has 0 fully saturated rings. The third kappa shape index (κ3) is 3.70. The van der Waals surface area contributed by atoms with Crippen LogP contribution in [0.1, 0.15) is 32.1 Å². The number of hydrogen-bond acceptors (Lipinski definition) is 6. The molecule has 0 atom stereocenters. The molecule has 0 aliphatic heterocycles. The Morgan fingerprint density at radius 3 is 2.42 bits per heavy atom. The van der Waals surface area contributed by atoms with Gasteiger partial charge in [-0.15, -0.1) is 5.10 Å². The fourth-order valence-corrected chi connectivity index (χ4v) is 1.98. The standard InChI is InChI=1S/C14H12F3N3O4/c1-23-12(21)8-3-4-10(14(15,16)17)9(5-8)6-20-7-18-11(19-20)13(22)24-2/h3-5,7H,6H2,1-2H3. The van der Waals surface area contributed by atoms with Crippen molar-refractivity contribution in [1.29, 1.82) is 0 Å². The number of hydrogen-bond donors (Lipinski definition) is 0. The average Bonchev–Trinajstić information content (AvgIpc) is 3.00. The number of nitrogens with zero attached hydrogens (tertiary/aromatic N) is 3. The summed E-state index contributed by atoms with van der Waals surface area (Å²) in [6, 6.07) is 2.88. The van der Waals surface area contributed by atoms with Crippen molar-refractivity contribution in [3.05, 3.63) is 47.0 Å². The van der Waals surface area contributed by atoms with Crippen LogP contribution in [-0.4, -0.2) is 40.9 Å². The third-order valence-corrected chi connectivity index (χ3v) is 3.07. The van der Waals surface area contributed by atoms with E-state index in [-0.39, 0.29) is 23.5 Å². The van der Waals surface area contributed by atoms with Crippen LogP contribution in [0.4, 0.5) is 13.2 Å². The van der Waals surface area contributed by atoms with Gasteiger partial charge in [-0.1, -0.05) is 0 Å². The molecule has 0 saturated heterocycles. The van der Waals surface area contributed by atoms with Gasteiger partial charge in [0.2, 0.25) is 0 Å². The fourth-order valence-electron chi connectivity index (χ4n) is 1.98. The molecule has 1 aromatic carbocycles. The maximum atomic E-state index is 13.1. The monoisotopic (exact) mass is 343 g/mol. The topological polar surface area (TPSA) is 83.3 Å². The number of ether oxygens (including phenoxy) is 2. The lowest BCUT2D eigenvalue weighted by Crippen LogP contribution is -2.14. The highest BCUT2D eigenvalue weighted by Gasteiger charge is 2.34. The molecule has 0 spiro atoms. The Kier molecular flexibility index (Phi) is 4.86. The van der Waals surface area contributed by atoms with Crippen LogP contribution in [0.3, 0.4) is 0 Å². The van der Waals surface area contributed by atoms with Crippen molar-refractivity contribution >= 4 is 11.9 Å². The van der Waals surface area contributed by atoms with Gasteiger partial charge in [0.1, 0.15) is 6.33 Å². The number of methoxy groups -OCH3 is 2. The van der Waals surface area contributed by atoms with E-state index in [1.165, 1.54) is 0 Å². The number of halogens is 3. The van der Waals surface area contributed by atoms with Gasteiger partial charge in [-0.05, 0) is 23.8 Å². The van der Waals surface area contributed by atoms with E-state index < -0.39 is 23.7 Å². The predicted molar refractivity (Wildman–Crippen MR) is 73.2 cm³/mol. The molecule has 10 heteroatoms. The van der Waals surface area contributed by atoms with Gasteiger partial charge in [0.05, 0.1) is 31.9 Å². The molecular formula is C14H12F3N3O4. The van der Waals surface area contributed by atoms with Gasteiger partial charge in [0.25, 0.3) is 5.82 Å². The van der Waals surface area contributed by atoms with E-state index in [2.05, 4.69) is 19.6 Å². The summed E-state index contributed by atoms with van der Waals surface area (Å²) in [6.45, 7) is -0.344. The summed E-state index contributed by atoms with van der Waals surface area (Å²) in [5.74, 6) is -1.86. The Morgan fingerprint density at radius 2 is 1.83 bits per heavy atom. The Balaban J connectivity index is 2.41. The molecule has 0 radical (unpaired) electrons. The van der Waals surface area contributed by atoms with Crippen molar-refractivity contribution in [2.45, 2.75) is 12.7 Å². The molecule has 2 aromatic rings. The average molecular weight is 343 g/mol. The van der Waals surface area contributed by atoms with Crippen molar-refractivity contribution in [3.8, 4) is 0 Å². The van der Waals surface area contributed by atoms with Crippen molar-refractivity contribution in [2.75, 3.05) is 14.2 Å². The van der Waals surface area contributed by atoms with E-state index in [1.807, 2.05) is 0 Å². The van der Waals surface area contributed by atoms with Crippen LogP contribution in [0.5, 0.6) is 0 Å². The predicted octanol–water partition coefficient (Wildman–Crippen LogP) is 1.92. The summed E-state index contributed by atoms with van der Waals surface area (Å²) in [5.41, 5.74) is -1.18. The summed E-state index contributed by atoms with van der Waals surface area (Å²) in [7, 11) is 2.25. The van der Waals surface area contributed by atoms with E-state index in [9.17, 15) is 22.8 Å². The number of alkyl halides is 3. The van der Waals surface area contributed by atoms with Gasteiger partial charge in [0, 0.05) is 0 Å². The minimum Gasteiger partial charge on any atom is -0.465 e. The summed E-state index contributed by atoms with van der Waals surface area (Å²) in [4.78, 5) is 26.5. The molecule has 0 aliphatic rings. The zero-order valence-corrected chi connectivity index (χ0v) is 12.6. The molecule has 0 aliphatic carbocycles. The largest absolute Gasteiger partial charge is 0.465 e. The van der Waals surface area contributed by atoms with Crippen LogP contribution in [0.15, 0.2) is 24.5 Å². The van der Waals surface area contributed by atoms with Gasteiger partial charge >= 0.3 is 18.1 Å². The van der Waals surface area contributed by atoms with Crippen molar-refractivity contribution in [3.63, 3.8) is 0 Å². The molecule has 1 aromatic heterocycles. The molecule has 0 unspecified atom stereocenters. The summed E-state index contributed by atoms with van der Waals surface area (Å²) < 4.78 is 49.3. The molecule has 1 heterocycles. The fraction of sp³-hybridized carbons (Fsp3) is 0.286. The number of aromatic nitrogens is 3. The summed E-state index contributed by atoms with van der Waals surface area (Å²) >= 11 is 0. The minimum absolute atomic E-state index is 0.0335. The van der Waals surface area contributed by atoms with Crippen LogP contribution in [0.25, 0.3) is 0 Å². The molecule has 24 heavy (non-hydrogen) atoms. The maximum Gasteiger partial charge on any atom is 0.416 e. The van der Waals surface area contributed by atoms with Crippen molar-refractivity contribution < 1.29 is 32.2 Å². The minimum atomic E-state index is -4.62. The highest BCUT2D eigenvalue weighted by Crippen LogP contribution is 2.33. The van der Waals surface area contributed by atoms with Gasteiger partial charge in [-0.2, -0.15) is 13.2 Å². The molecule has 0 saturated carbocycles. The van der Waals surface area contributed by atoms with Gasteiger partial charge in [-0.3, -0.25) is 0 Å². The number of rotatable bonds is 4. The van der Waals surface area contributed by atoms with Gasteiger partial charge in [-0.25, -0.2) is 19.3 Å². The summed E-state index contributed by atoms with van der Waals surface area (Å²) in [5, 5.41) is 3.74. The van der Waals surface area contributed by atoms with Crippen LogP contribution >= 0.6 is 0 Å². The first-order valence-corrected chi connectivity index (χ1v) is 6.52. The molecule has 2 rings (SSSR count). The summed E-state index contributed by atoms with van der Waals surface area (Å²) in [6.07, 6.45) is -3.52. The first-order chi connectivity index (χ1) is 11.3. The smallest absolute Gasteiger partial charge is 0.416 e. The number of carbonyl (C=O) groups is 2. The van der Waals surface area contributed by atoms with Gasteiger partial charge < -0.3 is 9.47 Å². The van der Waals surface area contributed by atoms with Crippen LogP contribution in [0.2, 0.25) is 0 Å². The first kappa shape index (κ1) is 17.4. The van der Waals surface area contributed by atoms with E-state index in [4.69, 9.17) is 0 Å². The second-order valence-corrected chi connectivity index (χ2v) is 4.62. The molecule has 0 amide bonds.